The third kappa shape index (κ3) is 6.90. The molecule has 168 valence electrons. The van der Waals surface area contributed by atoms with Crippen molar-refractivity contribution in [2.75, 3.05) is 22.4 Å². The molecule has 0 spiro atoms. The summed E-state index contributed by atoms with van der Waals surface area (Å²) in [6.07, 6.45) is 1.03. The maximum absolute atomic E-state index is 12.7. The average Bonchev–Trinajstić information content (AvgIpc) is 2.71. The van der Waals surface area contributed by atoms with Gasteiger partial charge in [0.05, 0.1) is 11.9 Å². The number of hydrogen-bond acceptors (Lipinski definition) is 4. The zero-order chi connectivity index (χ0) is 23.3. The Morgan fingerprint density at radius 2 is 1.66 bits per heavy atom. The van der Waals surface area contributed by atoms with Gasteiger partial charge in [-0.3, -0.25) is 9.10 Å². The van der Waals surface area contributed by atoms with Gasteiger partial charge in [0.1, 0.15) is 6.54 Å². The van der Waals surface area contributed by atoms with E-state index in [2.05, 4.69) is 17.4 Å². The maximum Gasteiger partial charge on any atom is 0.245 e. The minimum absolute atomic E-state index is 0.227. The number of nitrogens with zero attached hydrogens (tertiary/aromatic N) is 1. The number of carbonyl (C=O) groups excluding carboxylic acids is 1. The van der Waals surface area contributed by atoms with Crippen molar-refractivity contribution >= 4 is 62.3 Å². The molecule has 9 heteroatoms. The summed E-state index contributed by atoms with van der Waals surface area (Å²) in [6.45, 7) is 1.50. The van der Waals surface area contributed by atoms with Crippen LogP contribution in [0.2, 0.25) is 10.0 Å². The molecule has 1 amide bonds. The maximum atomic E-state index is 12.7. The Morgan fingerprint density at radius 3 is 2.25 bits per heavy atom. The molecule has 5 nitrogen and oxygen atoms in total. The van der Waals surface area contributed by atoms with E-state index in [0.717, 1.165) is 27.4 Å². The van der Waals surface area contributed by atoms with Crippen LogP contribution in [0.4, 0.5) is 11.4 Å². The fraction of sp³-hybridized carbons (Fsp3) is 0.174. The minimum atomic E-state index is -3.74. The van der Waals surface area contributed by atoms with Crippen molar-refractivity contribution in [1.82, 2.24) is 0 Å². The number of rotatable bonds is 8. The van der Waals surface area contributed by atoms with Crippen LogP contribution in [0.3, 0.4) is 0 Å². The van der Waals surface area contributed by atoms with Crippen LogP contribution in [0.1, 0.15) is 11.1 Å². The van der Waals surface area contributed by atoms with Gasteiger partial charge in [0.15, 0.2) is 0 Å². The summed E-state index contributed by atoms with van der Waals surface area (Å²) in [5.41, 5.74) is 2.87. The van der Waals surface area contributed by atoms with Crippen LogP contribution in [0.25, 0.3) is 0 Å². The van der Waals surface area contributed by atoms with Crippen molar-refractivity contribution in [3.8, 4) is 0 Å². The number of nitrogens with one attached hydrogen (secondary N) is 1. The van der Waals surface area contributed by atoms with E-state index >= 15 is 0 Å². The fourth-order valence-electron chi connectivity index (χ4n) is 3.04. The Bertz CT molecular complexity index is 1200. The van der Waals surface area contributed by atoms with Gasteiger partial charge in [-0.15, -0.1) is 11.8 Å². The lowest BCUT2D eigenvalue weighted by atomic mass is 10.1. The monoisotopic (exact) mass is 508 g/mol. The predicted octanol–water partition coefficient (Wildman–Crippen LogP) is 6.00. The summed E-state index contributed by atoms with van der Waals surface area (Å²) in [6, 6.07) is 20.3. The third-order valence-electron chi connectivity index (χ3n) is 4.54. The molecule has 0 fully saturated rings. The lowest BCUT2D eigenvalue weighted by Crippen LogP contribution is -2.37. The molecule has 0 radical (unpaired) electrons. The number of amides is 1. The highest BCUT2D eigenvalue weighted by molar-refractivity contribution is 7.98. The summed E-state index contributed by atoms with van der Waals surface area (Å²) in [7, 11) is -3.74. The quantitative estimate of drug-likeness (QED) is 0.379. The van der Waals surface area contributed by atoms with Crippen molar-refractivity contribution in [3.63, 3.8) is 0 Å². The number of sulfonamides is 1. The molecule has 3 aromatic carbocycles. The SMILES string of the molecule is Cc1cc(CSc2ccccc2)ccc1NC(=O)CN(c1cc(Cl)cc(Cl)c1)S(C)(=O)=O. The predicted molar refractivity (Wildman–Crippen MR) is 134 cm³/mol. The van der Waals surface area contributed by atoms with Gasteiger partial charge in [0.25, 0.3) is 0 Å². The van der Waals surface area contributed by atoms with Crippen LogP contribution in [0.5, 0.6) is 0 Å². The zero-order valence-corrected chi connectivity index (χ0v) is 20.7. The van der Waals surface area contributed by atoms with Crippen LogP contribution < -0.4 is 9.62 Å². The lowest BCUT2D eigenvalue weighted by Gasteiger charge is -2.22. The van der Waals surface area contributed by atoms with Crippen LogP contribution in [0, 0.1) is 6.92 Å². The van der Waals surface area contributed by atoms with Gasteiger partial charge in [0, 0.05) is 26.4 Å². The highest BCUT2D eigenvalue weighted by atomic mass is 35.5. The van der Waals surface area contributed by atoms with Gasteiger partial charge in [-0.1, -0.05) is 53.5 Å². The molecule has 0 aliphatic heterocycles. The molecule has 1 N–H and O–H groups in total. The van der Waals surface area contributed by atoms with Crippen molar-refractivity contribution in [1.29, 1.82) is 0 Å². The summed E-state index contributed by atoms with van der Waals surface area (Å²) in [5, 5.41) is 3.35. The van der Waals surface area contributed by atoms with Gasteiger partial charge >= 0.3 is 0 Å². The van der Waals surface area contributed by atoms with E-state index in [1.165, 1.54) is 23.1 Å². The molecule has 0 aliphatic rings. The molecular weight excluding hydrogens is 487 g/mol. The molecule has 0 unspecified atom stereocenters. The Balaban J connectivity index is 1.69. The van der Waals surface area contributed by atoms with Gasteiger partial charge in [-0.05, 0) is 54.4 Å². The van der Waals surface area contributed by atoms with Gasteiger partial charge in [-0.25, -0.2) is 8.42 Å². The Labute approximate surface area is 202 Å². The zero-order valence-electron chi connectivity index (χ0n) is 17.5. The number of carbonyl (C=O) groups is 1. The van der Waals surface area contributed by atoms with E-state index in [1.807, 2.05) is 43.3 Å². The molecule has 0 saturated heterocycles. The van der Waals surface area contributed by atoms with Crippen LogP contribution in [-0.2, 0) is 20.6 Å². The van der Waals surface area contributed by atoms with Crippen LogP contribution >= 0.6 is 35.0 Å². The smallest absolute Gasteiger partial charge is 0.245 e. The molecule has 0 aliphatic carbocycles. The molecule has 0 saturated carbocycles. The second-order valence-corrected chi connectivity index (χ2v) is 11.0. The first-order valence-corrected chi connectivity index (χ1v) is 13.2. The molecule has 0 bridgehead atoms. The van der Waals surface area contributed by atoms with Crippen molar-refractivity contribution in [2.45, 2.75) is 17.6 Å². The van der Waals surface area contributed by atoms with E-state index in [1.54, 1.807) is 11.8 Å². The molecule has 0 aromatic heterocycles. The standard InChI is InChI=1S/C23H22Cl2N2O3S2/c1-16-10-17(15-31-21-6-4-3-5-7-21)8-9-22(16)26-23(28)14-27(32(2,29)30)20-12-18(24)11-19(25)13-20/h3-13H,14-15H2,1-2H3,(H,26,28). The summed E-state index contributed by atoms with van der Waals surface area (Å²) >= 11 is 13.7. The molecule has 32 heavy (non-hydrogen) atoms. The first-order valence-electron chi connectivity index (χ1n) is 9.63. The van der Waals surface area contributed by atoms with Crippen molar-refractivity contribution in [3.05, 3.63) is 87.9 Å². The minimum Gasteiger partial charge on any atom is -0.324 e. The lowest BCUT2D eigenvalue weighted by molar-refractivity contribution is -0.114. The number of benzene rings is 3. The van der Waals surface area contributed by atoms with Crippen LogP contribution in [0.15, 0.2) is 71.6 Å². The van der Waals surface area contributed by atoms with Crippen molar-refractivity contribution in [2.24, 2.45) is 0 Å². The average molecular weight is 509 g/mol. The van der Waals surface area contributed by atoms with Crippen LogP contribution in [-0.4, -0.2) is 27.1 Å². The highest BCUT2D eigenvalue weighted by Gasteiger charge is 2.22. The number of halogens is 2. The topological polar surface area (TPSA) is 66.5 Å². The van der Waals surface area contributed by atoms with E-state index in [4.69, 9.17) is 23.2 Å². The van der Waals surface area contributed by atoms with Crippen molar-refractivity contribution < 1.29 is 13.2 Å². The first-order chi connectivity index (χ1) is 15.1. The van der Waals surface area contributed by atoms with E-state index in [9.17, 15) is 13.2 Å². The van der Waals surface area contributed by atoms with E-state index < -0.39 is 22.5 Å². The number of anilines is 2. The molecule has 3 aromatic rings. The van der Waals surface area contributed by atoms with Gasteiger partial charge in [-0.2, -0.15) is 0 Å². The van der Waals surface area contributed by atoms with Gasteiger partial charge in [0.2, 0.25) is 15.9 Å². The van der Waals surface area contributed by atoms with Gasteiger partial charge < -0.3 is 5.32 Å². The summed E-state index contributed by atoms with van der Waals surface area (Å²) in [5.74, 6) is 0.331. The third-order valence-corrected chi connectivity index (χ3v) is 7.20. The fourth-order valence-corrected chi connectivity index (χ4v) is 5.26. The Kier molecular flexibility index (Phi) is 8.11. The Hall–Kier alpha value is -2.19. The summed E-state index contributed by atoms with van der Waals surface area (Å²) in [4.78, 5) is 13.9. The molecule has 0 atom stereocenters. The first kappa shape index (κ1) is 24.5. The van der Waals surface area contributed by atoms with E-state index in [0.29, 0.717) is 5.69 Å². The Morgan fingerprint density at radius 1 is 1.00 bits per heavy atom. The second-order valence-electron chi connectivity index (χ2n) is 7.20. The molecular formula is C23H22Cl2N2O3S2. The second kappa shape index (κ2) is 10.6. The number of hydrogen-bond donors (Lipinski definition) is 1. The molecule has 3 rings (SSSR count). The highest BCUT2D eigenvalue weighted by Crippen LogP contribution is 2.28. The molecule has 0 heterocycles. The number of aryl methyl sites for hydroxylation is 1. The van der Waals surface area contributed by atoms with E-state index in [-0.39, 0.29) is 15.7 Å². The normalized spacial score (nSPS) is 11.2. The summed E-state index contributed by atoms with van der Waals surface area (Å²) < 4.78 is 25.6. The number of thioether (sulfide) groups is 1. The largest absolute Gasteiger partial charge is 0.324 e.